The summed E-state index contributed by atoms with van der Waals surface area (Å²) in [7, 11) is 0. The Bertz CT molecular complexity index is 431. The number of halogens is 2. The average molecular weight is 277 g/mol. The molecule has 18 heavy (non-hydrogen) atoms. The van der Waals surface area contributed by atoms with Crippen molar-refractivity contribution in [2.45, 2.75) is 25.6 Å². The molecule has 0 aliphatic rings. The second-order valence-corrected chi connectivity index (χ2v) is 4.24. The van der Waals surface area contributed by atoms with Gasteiger partial charge in [0.25, 0.3) is 0 Å². The van der Waals surface area contributed by atoms with E-state index in [1.807, 2.05) is 0 Å². The Kier molecular flexibility index (Phi) is 5.46. The highest BCUT2D eigenvalue weighted by Crippen LogP contribution is 2.21. The van der Waals surface area contributed by atoms with Crippen LogP contribution in [0.1, 0.15) is 25.1 Å². The topological polar surface area (TPSA) is 82.5 Å². The fraction of sp³-hybridized carbons (Fsp3) is 0.455. The molecule has 0 aromatic carbocycles. The van der Waals surface area contributed by atoms with E-state index in [0.717, 1.165) is 6.07 Å². The normalized spacial score (nSPS) is 14.1. The first kappa shape index (κ1) is 14.8. The average Bonchev–Trinajstić information content (AvgIpc) is 2.27. The molecule has 0 bridgehead atoms. The summed E-state index contributed by atoms with van der Waals surface area (Å²) in [4.78, 5) is 14.3. The van der Waals surface area contributed by atoms with Crippen molar-refractivity contribution in [2.75, 3.05) is 6.54 Å². The second-order valence-electron chi connectivity index (χ2n) is 3.80. The number of hydrogen-bond donors (Lipinski definition) is 3. The summed E-state index contributed by atoms with van der Waals surface area (Å²) in [5, 5.41) is 21.9. The molecular formula is C11H14ClFN2O3. The summed E-state index contributed by atoms with van der Waals surface area (Å²) in [5.74, 6) is -1.03. The zero-order chi connectivity index (χ0) is 13.7. The number of pyridine rings is 1. The van der Waals surface area contributed by atoms with Gasteiger partial charge in [0.15, 0.2) is 0 Å². The maximum absolute atomic E-state index is 13.4. The zero-order valence-electron chi connectivity index (χ0n) is 9.73. The van der Waals surface area contributed by atoms with Gasteiger partial charge in [0.1, 0.15) is 17.6 Å². The largest absolute Gasteiger partial charge is 0.390 e. The van der Waals surface area contributed by atoms with E-state index in [1.54, 1.807) is 0 Å². The minimum atomic E-state index is -1.46. The van der Waals surface area contributed by atoms with Crippen LogP contribution in [0.5, 0.6) is 0 Å². The number of carbonyl (C=O) groups is 1. The fourth-order valence-electron chi connectivity index (χ4n) is 1.38. The van der Waals surface area contributed by atoms with Gasteiger partial charge < -0.3 is 15.5 Å². The van der Waals surface area contributed by atoms with Crippen molar-refractivity contribution in [1.29, 1.82) is 0 Å². The SMILES string of the molecule is CC(=O)NCCC(O)C(O)c1ncc(Cl)cc1F. The van der Waals surface area contributed by atoms with Gasteiger partial charge in [0.2, 0.25) is 5.91 Å². The molecule has 7 heteroatoms. The van der Waals surface area contributed by atoms with E-state index < -0.39 is 18.0 Å². The van der Waals surface area contributed by atoms with Crippen LogP contribution in [0.25, 0.3) is 0 Å². The number of aromatic nitrogens is 1. The zero-order valence-corrected chi connectivity index (χ0v) is 10.5. The van der Waals surface area contributed by atoms with Crippen molar-refractivity contribution in [2.24, 2.45) is 0 Å². The maximum Gasteiger partial charge on any atom is 0.216 e. The molecule has 0 saturated heterocycles. The van der Waals surface area contributed by atoms with E-state index in [1.165, 1.54) is 13.1 Å². The molecule has 2 atom stereocenters. The quantitative estimate of drug-likeness (QED) is 0.743. The summed E-state index contributed by atoms with van der Waals surface area (Å²) in [5.41, 5.74) is -0.269. The van der Waals surface area contributed by atoms with Gasteiger partial charge in [-0.2, -0.15) is 0 Å². The second kappa shape index (κ2) is 6.63. The van der Waals surface area contributed by atoms with E-state index >= 15 is 0 Å². The summed E-state index contributed by atoms with van der Waals surface area (Å²) in [6.07, 6.45) is -1.41. The van der Waals surface area contributed by atoms with E-state index in [-0.39, 0.29) is 29.6 Å². The first-order chi connectivity index (χ1) is 8.41. The number of aliphatic hydroxyl groups excluding tert-OH is 2. The highest BCUT2D eigenvalue weighted by Gasteiger charge is 2.22. The first-order valence-corrected chi connectivity index (χ1v) is 5.71. The van der Waals surface area contributed by atoms with Gasteiger partial charge in [0.05, 0.1) is 11.1 Å². The van der Waals surface area contributed by atoms with Gasteiger partial charge >= 0.3 is 0 Å². The van der Waals surface area contributed by atoms with Crippen LogP contribution in [0.4, 0.5) is 4.39 Å². The molecule has 1 rings (SSSR count). The lowest BCUT2D eigenvalue weighted by atomic mass is 10.1. The van der Waals surface area contributed by atoms with Crippen molar-refractivity contribution >= 4 is 17.5 Å². The Morgan fingerprint density at radius 1 is 1.61 bits per heavy atom. The molecule has 1 heterocycles. The molecule has 0 saturated carbocycles. The lowest BCUT2D eigenvalue weighted by Gasteiger charge is -2.17. The van der Waals surface area contributed by atoms with Crippen molar-refractivity contribution in [3.8, 4) is 0 Å². The molecule has 3 N–H and O–H groups in total. The highest BCUT2D eigenvalue weighted by atomic mass is 35.5. The molecular weight excluding hydrogens is 263 g/mol. The molecule has 0 fully saturated rings. The lowest BCUT2D eigenvalue weighted by Crippen LogP contribution is -2.28. The first-order valence-electron chi connectivity index (χ1n) is 5.33. The summed E-state index contributed by atoms with van der Waals surface area (Å²) in [6, 6.07) is 1.01. The van der Waals surface area contributed by atoms with Gasteiger partial charge in [-0.3, -0.25) is 9.78 Å². The minimum absolute atomic E-state index is 0.0878. The third kappa shape index (κ3) is 4.21. The molecule has 1 aromatic heterocycles. The van der Waals surface area contributed by atoms with Crippen LogP contribution in [0, 0.1) is 5.82 Å². The highest BCUT2D eigenvalue weighted by molar-refractivity contribution is 6.30. The molecule has 0 spiro atoms. The van der Waals surface area contributed by atoms with Gasteiger partial charge in [-0.15, -0.1) is 0 Å². The van der Waals surface area contributed by atoms with Crippen LogP contribution in [-0.4, -0.2) is 33.8 Å². The van der Waals surface area contributed by atoms with E-state index in [2.05, 4.69) is 10.3 Å². The Morgan fingerprint density at radius 2 is 2.28 bits per heavy atom. The maximum atomic E-state index is 13.4. The van der Waals surface area contributed by atoms with Gasteiger partial charge in [-0.1, -0.05) is 11.6 Å². The van der Waals surface area contributed by atoms with Crippen molar-refractivity contribution < 1.29 is 19.4 Å². The Hall–Kier alpha value is -1.24. The molecule has 1 amide bonds. The Balaban J connectivity index is 2.62. The molecule has 0 aliphatic carbocycles. The van der Waals surface area contributed by atoms with Crippen LogP contribution in [0.3, 0.4) is 0 Å². The van der Waals surface area contributed by atoms with E-state index in [0.29, 0.717) is 0 Å². The smallest absolute Gasteiger partial charge is 0.216 e. The van der Waals surface area contributed by atoms with Crippen LogP contribution in [0.2, 0.25) is 5.02 Å². The predicted molar refractivity (Wildman–Crippen MR) is 63.5 cm³/mol. The third-order valence-electron chi connectivity index (χ3n) is 2.29. The molecule has 0 aliphatic heterocycles. The number of nitrogens with zero attached hydrogens (tertiary/aromatic N) is 1. The van der Waals surface area contributed by atoms with Crippen LogP contribution < -0.4 is 5.32 Å². The predicted octanol–water partition coefficient (Wildman–Crippen LogP) is 0.795. The van der Waals surface area contributed by atoms with Crippen LogP contribution >= 0.6 is 11.6 Å². The lowest BCUT2D eigenvalue weighted by molar-refractivity contribution is -0.119. The number of amides is 1. The van der Waals surface area contributed by atoms with Crippen molar-refractivity contribution in [1.82, 2.24) is 10.3 Å². The number of nitrogens with one attached hydrogen (secondary N) is 1. The monoisotopic (exact) mass is 276 g/mol. The number of rotatable bonds is 5. The van der Waals surface area contributed by atoms with Crippen LogP contribution in [-0.2, 0) is 4.79 Å². The molecule has 1 aromatic rings. The molecule has 5 nitrogen and oxygen atoms in total. The van der Waals surface area contributed by atoms with Gasteiger partial charge in [0, 0.05) is 19.7 Å². The molecule has 100 valence electrons. The molecule has 0 radical (unpaired) electrons. The standard InChI is InChI=1S/C11H14ClFN2O3/c1-6(16)14-3-2-9(17)11(18)10-8(13)4-7(12)5-15-10/h4-5,9,11,17-18H,2-3H2,1H3,(H,14,16). The number of hydrogen-bond acceptors (Lipinski definition) is 4. The number of carbonyl (C=O) groups excluding carboxylic acids is 1. The fourth-order valence-corrected chi connectivity index (χ4v) is 1.52. The van der Waals surface area contributed by atoms with Crippen LogP contribution in [0.15, 0.2) is 12.3 Å². The summed E-state index contributed by atoms with van der Waals surface area (Å²) >= 11 is 5.53. The Labute approximate surface area is 109 Å². The van der Waals surface area contributed by atoms with Crippen molar-refractivity contribution in [3.63, 3.8) is 0 Å². The van der Waals surface area contributed by atoms with Crippen molar-refractivity contribution in [3.05, 3.63) is 28.8 Å². The summed E-state index contributed by atoms with van der Waals surface area (Å²) < 4.78 is 13.4. The Morgan fingerprint density at radius 3 is 2.83 bits per heavy atom. The van der Waals surface area contributed by atoms with Gasteiger partial charge in [-0.25, -0.2) is 4.39 Å². The minimum Gasteiger partial charge on any atom is -0.390 e. The third-order valence-corrected chi connectivity index (χ3v) is 2.50. The molecule has 2 unspecified atom stereocenters. The van der Waals surface area contributed by atoms with Gasteiger partial charge in [-0.05, 0) is 12.5 Å². The van der Waals surface area contributed by atoms with E-state index in [9.17, 15) is 19.4 Å². The number of aliphatic hydroxyl groups is 2. The van der Waals surface area contributed by atoms with E-state index in [4.69, 9.17) is 11.6 Å². The summed E-state index contributed by atoms with van der Waals surface area (Å²) in [6.45, 7) is 1.52.